The van der Waals surface area contributed by atoms with Crippen molar-refractivity contribution < 1.29 is 14.6 Å². The lowest BCUT2D eigenvalue weighted by Gasteiger charge is -2.20. The SMILES string of the molecule is COCC(O)CN(C)C(=O)c1ccc(Cn2cccn2)cc1. The smallest absolute Gasteiger partial charge is 0.253 e. The van der Waals surface area contributed by atoms with Gasteiger partial charge in [0.1, 0.15) is 0 Å². The van der Waals surface area contributed by atoms with E-state index in [0.717, 1.165) is 5.56 Å². The van der Waals surface area contributed by atoms with E-state index in [1.54, 1.807) is 25.4 Å². The molecule has 1 atom stereocenters. The molecule has 118 valence electrons. The van der Waals surface area contributed by atoms with E-state index in [1.807, 2.05) is 29.1 Å². The number of carbonyl (C=O) groups is 1. The normalized spacial score (nSPS) is 12.1. The molecule has 0 saturated heterocycles. The fourth-order valence-corrected chi connectivity index (χ4v) is 2.20. The second-order valence-corrected chi connectivity index (χ2v) is 5.20. The number of aromatic nitrogens is 2. The fourth-order valence-electron chi connectivity index (χ4n) is 2.20. The predicted octanol–water partition coefficient (Wildman–Crippen LogP) is 1.01. The zero-order valence-corrected chi connectivity index (χ0v) is 12.8. The summed E-state index contributed by atoms with van der Waals surface area (Å²) in [4.78, 5) is 13.8. The molecular formula is C16H21N3O3. The highest BCUT2D eigenvalue weighted by Crippen LogP contribution is 2.09. The molecule has 1 heterocycles. The summed E-state index contributed by atoms with van der Waals surface area (Å²) in [5.41, 5.74) is 1.67. The molecule has 0 aliphatic heterocycles. The van der Waals surface area contributed by atoms with Gasteiger partial charge in [-0.2, -0.15) is 5.10 Å². The van der Waals surface area contributed by atoms with E-state index >= 15 is 0 Å². The molecule has 1 unspecified atom stereocenters. The first-order valence-electron chi connectivity index (χ1n) is 7.09. The zero-order valence-electron chi connectivity index (χ0n) is 12.8. The van der Waals surface area contributed by atoms with Gasteiger partial charge >= 0.3 is 0 Å². The van der Waals surface area contributed by atoms with E-state index in [0.29, 0.717) is 12.1 Å². The summed E-state index contributed by atoms with van der Waals surface area (Å²) in [6.45, 7) is 1.12. The maximum absolute atomic E-state index is 12.3. The van der Waals surface area contributed by atoms with Gasteiger partial charge in [0.15, 0.2) is 0 Å². The molecule has 6 nitrogen and oxygen atoms in total. The van der Waals surface area contributed by atoms with E-state index in [9.17, 15) is 9.90 Å². The monoisotopic (exact) mass is 303 g/mol. The van der Waals surface area contributed by atoms with Crippen LogP contribution in [0, 0.1) is 0 Å². The van der Waals surface area contributed by atoms with Crippen molar-refractivity contribution in [3.8, 4) is 0 Å². The first kappa shape index (κ1) is 16.2. The van der Waals surface area contributed by atoms with Crippen LogP contribution in [0.4, 0.5) is 0 Å². The molecule has 0 aliphatic carbocycles. The van der Waals surface area contributed by atoms with Crippen molar-refractivity contribution in [3.05, 3.63) is 53.9 Å². The number of benzene rings is 1. The Hall–Kier alpha value is -2.18. The number of carbonyl (C=O) groups excluding carboxylic acids is 1. The zero-order chi connectivity index (χ0) is 15.9. The van der Waals surface area contributed by atoms with Gasteiger partial charge in [-0.05, 0) is 23.8 Å². The molecule has 6 heteroatoms. The van der Waals surface area contributed by atoms with Gasteiger partial charge < -0.3 is 14.7 Å². The van der Waals surface area contributed by atoms with Crippen LogP contribution in [0.2, 0.25) is 0 Å². The highest BCUT2D eigenvalue weighted by atomic mass is 16.5. The Balaban J connectivity index is 1.95. The van der Waals surface area contributed by atoms with Crippen LogP contribution in [-0.4, -0.2) is 59.1 Å². The van der Waals surface area contributed by atoms with Crippen LogP contribution >= 0.6 is 0 Å². The van der Waals surface area contributed by atoms with Crippen LogP contribution in [-0.2, 0) is 11.3 Å². The van der Waals surface area contributed by atoms with Gasteiger partial charge in [-0.1, -0.05) is 12.1 Å². The van der Waals surface area contributed by atoms with Crippen LogP contribution in [0.25, 0.3) is 0 Å². The second kappa shape index (κ2) is 7.72. The van der Waals surface area contributed by atoms with Gasteiger partial charge in [0, 0.05) is 38.7 Å². The Kier molecular flexibility index (Phi) is 5.68. The minimum Gasteiger partial charge on any atom is -0.389 e. The van der Waals surface area contributed by atoms with Crippen LogP contribution in [0.1, 0.15) is 15.9 Å². The van der Waals surface area contributed by atoms with Gasteiger partial charge in [-0.3, -0.25) is 9.48 Å². The maximum atomic E-state index is 12.3. The van der Waals surface area contributed by atoms with Gasteiger partial charge in [0.05, 0.1) is 19.3 Å². The summed E-state index contributed by atoms with van der Waals surface area (Å²) in [5, 5.41) is 13.8. The summed E-state index contributed by atoms with van der Waals surface area (Å²) < 4.78 is 6.68. The lowest BCUT2D eigenvalue weighted by atomic mass is 10.1. The summed E-state index contributed by atoms with van der Waals surface area (Å²) in [7, 11) is 3.18. The highest BCUT2D eigenvalue weighted by molar-refractivity contribution is 5.94. The largest absolute Gasteiger partial charge is 0.389 e. The summed E-state index contributed by atoms with van der Waals surface area (Å²) >= 11 is 0. The number of aliphatic hydroxyl groups excluding tert-OH is 1. The molecule has 2 aromatic rings. The molecule has 1 aromatic carbocycles. The van der Waals surface area contributed by atoms with Gasteiger partial charge in [-0.25, -0.2) is 0 Å². The molecule has 1 N–H and O–H groups in total. The van der Waals surface area contributed by atoms with E-state index in [2.05, 4.69) is 5.10 Å². The number of hydrogen-bond acceptors (Lipinski definition) is 4. The third-order valence-corrected chi connectivity index (χ3v) is 3.30. The molecule has 0 saturated carbocycles. The van der Waals surface area contributed by atoms with E-state index in [4.69, 9.17) is 4.74 Å². The Bertz CT molecular complexity index is 581. The minimum absolute atomic E-state index is 0.124. The average molecular weight is 303 g/mol. The van der Waals surface area contributed by atoms with E-state index in [1.165, 1.54) is 12.0 Å². The number of ether oxygens (including phenoxy) is 1. The second-order valence-electron chi connectivity index (χ2n) is 5.20. The molecule has 1 aromatic heterocycles. The fraction of sp³-hybridized carbons (Fsp3) is 0.375. The van der Waals surface area contributed by atoms with Crippen molar-refractivity contribution in [1.82, 2.24) is 14.7 Å². The molecule has 0 bridgehead atoms. The standard InChI is InChI=1S/C16H21N3O3/c1-18(11-15(20)12-22-2)16(21)14-6-4-13(5-7-14)10-19-9-3-8-17-19/h3-9,15,20H,10-12H2,1-2H3. The van der Waals surface area contributed by atoms with Crippen molar-refractivity contribution in [3.63, 3.8) is 0 Å². The van der Waals surface area contributed by atoms with Crippen molar-refractivity contribution in [2.75, 3.05) is 27.3 Å². The molecule has 0 spiro atoms. The third kappa shape index (κ3) is 4.41. The molecular weight excluding hydrogens is 282 g/mol. The molecule has 0 aliphatic rings. The number of nitrogens with zero attached hydrogens (tertiary/aromatic N) is 3. The van der Waals surface area contributed by atoms with E-state index in [-0.39, 0.29) is 19.1 Å². The van der Waals surface area contributed by atoms with Crippen LogP contribution in [0.5, 0.6) is 0 Å². The summed E-state index contributed by atoms with van der Waals surface area (Å²) in [6, 6.07) is 9.28. The Morgan fingerprint density at radius 1 is 1.41 bits per heavy atom. The predicted molar refractivity (Wildman–Crippen MR) is 82.6 cm³/mol. The summed E-state index contributed by atoms with van der Waals surface area (Å²) in [5.74, 6) is -0.124. The molecule has 1 amide bonds. The lowest BCUT2D eigenvalue weighted by molar-refractivity contribution is 0.0380. The lowest BCUT2D eigenvalue weighted by Crippen LogP contribution is -2.36. The Labute approximate surface area is 129 Å². The topological polar surface area (TPSA) is 67.6 Å². The van der Waals surface area contributed by atoms with Gasteiger partial charge in [0.2, 0.25) is 0 Å². The van der Waals surface area contributed by atoms with Gasteiger partial charge in [-0.15, -0.1) is 0 Å². The first-order valence-corrected chi connectivity index (χ1v) is 7.09. The highest BCUT2D eigenvalue weighted by Gasteiger charge is 2.15. The van der Waals surface area contributed by atoms with Crippen molar-refractivity contribution >= 4 is 5.91 Å². The Morgan fingerprint density at radius 3 is 2.73 bits per heavy atom. The minimum atomic E-state index is -0.682. The number of methoxy groups -OCH3 is 1. The van der Waals surface area contributed by atoms with Crippen molar-refractivity contribution in [2.24, 2.45) is 0 Å². The maximum Gasteiger partial charge on any atom is 0.253 e. The summed E-state index contributed by atoms with van der Waals surface area (Å²) in [6.07, 6.45) is 2.94. The third-order valence-electron chi connectivity index (χ3n) is 3.30. The number of hydrogen-bond donors (Lipinski definition) is 1. The van der Waals surface area contributed by atoms with Crippen molar-refractivity contribution in [1.29, 1.82) is 0 Å². The molecule has 2 rings (SSSR count). The number of amides is 1. The Morgan fingerprint density at radius 2 is 2.14 bits per heavy atom. The number of aliphatic hydroxyl groups is 1. The molecule has 0 fully saturated rings. The van der Waals surface area contributed by atoms with Crippen LogP contribution in [0.15, 0.2) is 42.7 Å². The molecule has 22 heavy (non-hydrogen) atoms. The van der Waals surface area contributed by atoms with Crippen LogP contribution in [0.3, 0.4) is 0 Å². The van der Waals surface area contributed by atoms with Gasteiger partial charge in [0.25, 0.3) is 5.91 Å². The average Bonchev–Trinajstić information content (AvgIpc) is 3.00. The first-order chi connectivity index (χ1) is 10.6. The quantitative estimate of drug-likeness (QED) is 0.829. The number of rotatable bonds is 7. The van der Waals surface area contributed by atoms with Crippen molar-refractivity contribution in [2.45, 2.75) is 12.6 Å². The number of likely N-dealkylation sites (N-methyl/N-ethyl adjacent to an activating group) is 1. The molecule has 0 radical (unpaired) electrons. The van der Waals surface area contributed by atoms with E-state index < -0.39 is 6.10 Å². The van der Waals surface area contributed by atoms with Crippen LogP contribution < -0.4 is 0 Å².